The van der Waals surface area contributed by atoms with Gasteiger partial charge in [-0.25, -0.2) is 0 Å². The summed E-state index contributed by atoms with van der Waals surface area (Å²) in [5.74, 6) is 2.14. The van der Waals surface area contributed by atoms with Gasteiger partial charge in [0.1, 0.15) is 0 Å². The minimum Gasteiger partial charge on any atom is -0.341 e. The second-order valence-corrected chi connectivity index (χ2v) is 7.51. The molecule has 4 nitrogen and oxygen atoms in total. The van der Waals surface area contributed by atoms with Crippen LogP contribution in [0.2, 0.25) is 0 Å². The maximum atomic E-state index is 12.6. The van der Waals surface area contributed by atoms with E-state index in [1.165, 1.54) is 32.1 Å². The van der Waals surface area contributed by atoms with Crippen LogP contribution in [0.4, 0.5) is 0 Å². The molecule has 0 aromatic heterocycles. The normalized spacial score (nSPS) is 34.2. The average molecular weight is 295 g/mol. The summed E-state index contributed by atoms with van der Waals surface area (Å²) >= 11 is 0. The number of nitrogens with zero attached hydrogens (tertiary/aromatic N) is 2. The van der Waals surface area contributed by atoms with Crippen molar-refractivity contribution in [3.05, 3.63) is 0 Å². The Morgan fingerprint density at radius 3 is 2.43 bits per heavy atom. The van der Waals surface area contributed by atoms with Gasteiger partial charge in [-0.15, -0.1) is 0 Å². The van der Waals surface area contributed by atoms with Gasteiger partial charge in [0.15, 0.2) is 0 Å². The predicted molar refractivity (Wildman–Crippen MR) is 87.0 cm³/mol. The van der Waals surface area contributed by atoms with Gasteiger partial charge >= 0.3 is 0 Å². The standard InChI is InChI=1S/C17H33N3O/c1-13-8-14(2)11-20(10-13)17(21)12-19(3)16-7-5-4-6-15(16)9-18/h13-16H,4-12,18H2,1-3H3. The second-order valence-electron chi connectivity index (χ2n) is 7.51. The molecule has 0 aromatic carbocycles. The average Bonchev–Trinajstić information content (AvgIpc) is 2.46. The third kappa shape index (κ3) is 4.43. The minimum atomic E-state index is 0.303. The van der Waals surface area contributed by atoms with Gasteiger partial charge in [-0.3, -0.25) is 9.69 Å². The van der Waals surface area contributed by atoms with Gasteiger partial charge in [-0.2, -0.15) is 0 Å². The number of likely N-dealkylation sites (tertiary alicyclic amines) is 1. The molecule has 4 unspecified atom stereocenters. The van der Waals surface area contributed by atoms with Gasteiger partial charge in [-0.1, -0.05) is 26.7 Å². The molecule has 1 aliphatic carbocycles. The molecule has 0 spiro atoms. The van der Waals surface area contributed by atoms with Gasteiger partial charge in [0.2, 0.25) is 5.91 Å². The van der Waals surface area contributed by atoms with Crippen molar-refractivity contribution in [1.82, 2.24) is 9.80 Å². The summed E-state index contributed by atoms with van der Waals surface area (Å²) in [4.78, 5) is 16.9. The molecule has 1 heterocycles. The number of amides is 1. The van der Waals surface area contributed by atoms with E-state index < -0.39 is 0 Å². The number of likely N-dealkylation sites (N-methyl/N-ethyl adjacent to an activating group) is 1. The molecule has 1 saturated carbocycles. The predicted octanol–water partition coefficient (Wildman–Crippen LogP) is 1.94. The summed E-state index contributed by atoms with van der Waals surface area (Å²) in [6, 6.07) is 0.493. The highest BCUT2D eigenvalue weighted by Gasteiger charge is 2.30. The minimum absolute atomic E-state index is 0.303. The van der Waals surface area contributed by atoms with Crippen LogP contribution in [-0.2, 0) is 4.79 Å². The highest BCUT2D eigenvalue weighted by atomic mass is 16.2. The summed E-state index contributed by atoms with van der Waals surface area (Å²) in [5, 5.41) is 0. The first-order valence-electron chi connectivity index (χ1n) is 8.69. The summed E-state index contributed by atoms with van der Waals surface area (Å²) in [6.07, 6.45) is 6.23. The van der Waals surface area contributed by atoms with Gasteiger partial charge in [0, 0.05) is 19.1 Å². The summed E-state index contributed by atoms with van der Waals surface area (Å²) < 4.78 is 0. The van der Waals surface area contributed by atoms with Crippen molar-refractivity contribution >= 4 is 5.91 Å². The smallest absolute Gasteiger partial charge is 0.236 e. The van der Waals surface area contributed by atoms with Crippen molar-refractivity contribution in [3.8, 4) is 0 Å². The van der Waals surface area contributed by atoms with E-state index in [4.69, 9.17) is 5.73 Å². The van der Waals surface area contributed by atoms with Crippen LogP contribution in [0.25, 0.3) is 0 Å². The van der Waals surface area contributed by atoms with Crippen molar-refractivity contribution < 1.29 is 4.79 Å². The third-order valence-electron chi connectivity index (χ3n) is 5.34. The number of piperidine rings is 1. The van der Waals surface area contributed by atoms with Crippen LogP contribution >= 0.6 is 0 Å². The van der Waals surface area contributed by atoms with Crippen LogP contribution < -0.4 is 5.73 Å². The zero-order valence-corrected chi connectivity index (χ0v) is 14.1. The Kier molecular flexibility index (Phi) is 6.06. The number of rotatable bonds is 4. The van der Waals surface area contributed by atoms with E-state index in [0.29, 0.717) is 36.2 Å². The largest absolute Gasteiger partial charge is 0.341 e. The Morgan fingerprint density at radius 1 is 1.19 bits per heavy atom. The van der Waals surface area contributed by atoms with Crippen LogP contribution in [0, 0.1) is 17.8 Å². The molecular formula is C17H33N3O. The maximum absolute atomic E-state index is 12.6. The van der Waals surface area contributed by atoms with Crippen LogP contribution in [0.1, 0.15) is 46.0 Å². The van der Waals surface area contributed by atoms with Gasteiger partial charge in [0.25, 0.3) is 0 Å². The fourth-order valence-corrected chi connectivity index (χ4v) is 4.34. The SMILES string of the molecule is CC1CC(C)CN(C(=O)CN(C)C2CCCCC2CN)C1. The Morgan fingerprint density at radius 2 is 1.81 bits per heavy atom. The van der Waals surface area contributed by atoms with Crippen molar-refractivity contribution in [2.45, 2.75) is 52.0 Å². The summed E-state index contributed by atoms with van der Waals surface area (Å²) in [6.45, 7) is 7.68. The van der Waals surface area contributed by atoms with Gasteiger partial charge in [-0.05, 0) is 50.6 Å². The Hall–Kier alpha value is -0.610. The lowest BCUT2D eigenvalue weighted by atomic mass is 9.83. The molecule has 2 rings (SSSR count). The molecule has 21 heavy (non-hydrogen) atoms. The van der Waals surface area contributed by atoms with Crippen LogP contribution in [-0.4, -0.2) is 55.0 Å². The monoisotopic (exact) mass is 295 g/mol. The molecule has 0 aromatic rings. The van der Waals surface area contributed by atoms with Crippen LogP contribution in [0.15, 0.2) is 0 Å². The fourth-order valence-electron chi connectivity index (χ4n) is 4.34. The van der Waals surface area contributed by atoms with Crippen molar-refractivity contribution in [3.63, 3.8) is 0 Å². The number of carbonyl (C=O) groups is 1. The number of carbonyl (C=O) groups excluding carboxylic acids is 1. The quantitative estimate of drug-likeness (QED) is 0.862. The summed E-state index contributed by atoms with van der Waals surface area (Å²) in [7, 11) is 2.10. The fraction of sp³-hybridized carbons (Fsp3) is 0.941. The van der Waals surface area contributed by atoms with Crippen LogP contribution in [0.3, 0.4) is 0 Å². The summed E-state index contributed by atoms with van der Waals surface area (Å²) in [5.41, 5.74) is 5.92. The molecule has 1 aliphatic heterocycles. The first-order chi connectivity index (χ1) is 10.0. The molecule has 2 aliphatic rings. The lowest BCUT2D eigenvalue weighted by molar-refractivity contribution is -0.135. The highest BCUT2D eigenvalue weighted by molar-refractivity contribution is 5.78. The zero-order chi connectivity index (χ0) is 15.4. The molecule has 4 atom stereocenters. The molecule has 1 saturated heterocycles. The first-order valence-corrected chi connectivity index (χ1v) is 8.69. The number of hydrogen-bond acceptors (Lipinski definition) is 3. The topological polar surface area (TPSA) is 49.6 Å². The van der Waals surface area contributed by atoms with E-state index in [2.05, 4.69) is 30.7 Å². The molecular weight excluding hydrogens is 262 g/mol. The highest BCUT2D eigenvalue weighted by Crippen LogP contribution is 2.27. The van der Waals surface area contributed by atoms with Crippen LogP contribution in [0.5, 0.6) is 0 Å². The first kappa shape index (κ1) is 16.8. The Balaban J connectivity index is 1.88. The zero-order valence-electron chi connectivity index (χ0n) is 14.1. The van der Waals surface area contributed by atoms with E-state index in [-0.39, 0.29) is 0 Å². The van der Waals surface area contributed by atoms with Gasteiger partial charge < -0.3 is 10.6 Å². The van der Waals surface area contributed by atoms with E-state index in [1.54, 1.807) is 0 Å². The van der Waals surface area contributed by atoms with Crippen molar-refractivity contribution in [2.24, 2.45) is 23.5 Å². The molecule has 0 radical (unpaired) electrons. The molecule has 0 bridgehead atoms. The van der Waals surface area contributed by atoms with E-state index in [9.17, 15) is 4.79 Å². The Labute approximate surface area is 130 Å². The molecule has 4 heteroatoms. The Bertz CT molecular complexity index is 337. The molecule has 2 fully saturated rings. The second kappa shape index (κ2) is 7.59. The lowest BCUT2D eigenvalue weighted by Gasteiger charge is -2.40. The van der Waals surface area contributed by atoms with E-state index in [0.717, 1.165) is 19.6 Å². The van der Waals surface area contributed by atoms with E-state index >= 15 is 0 Å². The van der Waals surface area contributed by atoms with E-state index in [1.807, 2.05) is 0 Å². The third-order valence-corrected chi connectivity index (χ3v) is 5.34. The lowest BCUT2D eigenvalue weighted by Crippen LogP contribution is -2.50. The number of nitrogens with two attached hydrogens (primary N) is 1. The van der Waals surface area contributed by atoms with Crippen molar-refractivity contribution in [1.29, 1.82) is 0 Å². The molecule has 1 amide bonds. The maximum Gasteiger partial charge on any atom is 0.236 e. The molecule has 122 valence electrons. The molecule has 2 N–H and O–H groups in total. The number of hydrogen-bond donors (Lipinski definition) is 1. The van der Waals surface area contributed by atoms with Gasteiger partial charge in [0.05, 0.1) is 6.54 Å². The van der Waals surface area contributed by atoms with Crippen molar-refractivity contribution in [2.75, 3.05) is 33.2 Å².